The highest BCUT2D eigenvalue weighted by atomic mass is 16.5. The third-order valence-corrected chi connectivity index (χ3v) is 3.14. The maximum atomic E-state index is 11.8. The van der Waals surface area contributed by atoms with Gasteiger partial charge in [0.1, 0.15) is 6.61 Å². The standard InChI is InChI=1S/C18H19NO3/c1-13-3-5-16(6-4-13)12-22-18(21)11-15-7-9-17(10-8-15)19-14(2)20/h3-10H,11-12H2,1-2H3,(H,19,20). The molecule has 0 unspecified atom stereocenters. The van der Waals surface area contributed by atoms with E-state index in [4.69, 9.17) is 4.74 Å². The summed E-state index contributed by atoms with van der Waals surface area (Å²) in [4.78, 5) is 22.8. The molecule has 2 aromatic carbocycles. The lowest BCUT2D eigenvalue weighted by Gasteiger charge is -2.07. The highest BCUT2D eigenvalue weighted by Crippen LogP contribution is 2.11. The lowest BCUT2D eigenvalue weighted by Crippen LogP contribution is -2.09. The van der Waals surface area contributed by atoms with Crippen LogP contribution in [0.5, 0.6) is 0 Å². The van der Waals surface area contributed by atoms with Crippen molar-refractivity contribution in [2.24, 2.45) is 0 Å². The van der Waals surface area contributed by atoms with Crippen molar-refractivity contribution in [1.82, 2.24) is 0 Å². The molecule has 2 aromatic rings. The van der Waals surface area contributed by atoms with Crippen LogP contribution >= 0.6 is 0 Å². The molecule has 0 saturated carbocycles. The van der Waals surface area contributed by atoms with E-state index in [2.05, 4.69) is 5.32 Å². The van der Waals surface area contributed by atoms with Crippen LogP contribution in [-0.2, 0) is 27.4 Å². The Morgan fingerprint density at radius 1 is 0.955 bits per heavy atom. The lowest BCUT2D eigenvalue weighted by molar-refractivity contribution is -0.144. The minimum atomic E-state index is -0.271. The maximum absolute atomic E-state index is 11.8. The molecule has 0 saturated heterocycles. The Morgan fingerprint density at radius 2 is 1.55 bits per heavy atom. The fourth-order valence-corrected chi connectivity index (χ4v) is 1.98. The van der Waals surface area contributed by atoms with E-state index in [0.717, 1.165) is 11.1 Å². The molecular weight excluding hydrogens is 278 g/mol. The van der Waals surface area contributed by atoms with Gasteiger partial charge in [0.05, 0.1) is 6.42 Å². The molecule has 0 aliphatic heterocycles. The van der Waals surface area contributed by atoms with Crippen LogP contribution in [0.15, 0.2) is 48.5 Å². The zero-order chi connectivity index (χ0) is 15.9. The van der Waals surface area contributed by atoms with Crippen molar-refractivity contribution in [2.75, 3.05) is 5.32 Å². The van der Waals surface area contributed by atoms with Crippen LogP contribution in [0.4, 0.5) is 5.69 Å². The highest BCUT2D eigenvalue weighted by molar-refractivity contribution is 5.88. The zero-order valence-corrected chi connectivity index (χ0v) is 12.8. The lowest BCUT2D eigenvalue weighted by atomic mass is 10.1. The Kier molecular flexibility index (Phi) is 5.31. The van der Waals surface area contributed by atoms with Gasteiger partial charge in [0.25, 0.3) is 0 Å². The number of nitrogens with one attached hydrogen (secondary N) is 1. The van der Waals surface area contributed by atoms with Crippen LogP contribution in [0.25, 0.3) is 0 Å². The summed E-state index contributed by atoms with van der Waals surface area (Å²) in [6.07, 6.45) is 0.214. The number of amides is 1. The smallest absolute Gasteiger partial charge is 0.310 e. The monoisotopic (exact) mass is 297 g/mol. The number of carbonyl (C=O) groups excluding carboxylic acids is 2. The quantitative estimate of drug-likeness (QED) is 0.862. The summed E-state index contributed by atoms with van der Waals surface area (Å²) in [5, 5.41) is 2.68. The zero-order valence-electron chi connectivity index (χ0n) is 12.8. The topological polar surface area (TPSA) is 55.4 Å². The molecule has 0 spiro atoms. The van der Waals surface area contributed by atoms with Crippen molar-refractivity contribution in [1.29, 1.82) is 0 Å². The van der Waals surface area contributed by atoms with Crippen LogP contribution < -0.4 is 5.32 Å². The molecule has 0 radical (unpaired) electrons. The van der Waals surface area contributed by atoms with E-state index in [-0.39, 0.29) is 24.9 Å². The van der Waals surface area contributed by atoms with Crippen molar-refractivity contribution in [3.05, 3.63) is 65.2 Å². The van der Waals surface area contributed by atoms with Crippen LogP contribution in [0, 0.1) is 6.92 Å². The summed E-state index contributed by atoms with van der Waals surface area (Å²) in [5.41, 5.74) is 3.71. The molecule has 4 heteroatoms. The second kappa shape index (κ2) is 7.41. The molecule has 22 heavy (non-hydrogen) atoms. The Morgan fingerprint density at radius 3 is 2.14 bits per heavy atom. The molecule has 4 nitrogen and oxygen atoms in total. The average molecular weight is 297 g/mol. The summed E-state index contributed by atoms with van der Waals surface area (Å²) in [5.74, 6) is -0.391. The number of rotatable bonds is 5. The second-order valence-electron chi connectivity index (χ2n) is 5.20. The Balaban J connectivity index is 1.83. The number of esters is 1. The van der Waals surface area contributed by atoms with E-state index in [9.17, 15) is 9.59 Å². The maximum Gasteiger partial charge on any atom is 0.310 e. The first-order chi connectivity index (χ1) is 10.5. The number of carbonyl (C=O) groups is 2. The van der Waals surface area contributed by atoms with E-state index < -0.39 is 0 Å². The van der Waals surface area contributed by atoms with E-state index >= 15 is 0 Å². The van der Waals surface area contributed by atoms with E-state index in [1.54, 1.807) is 24.3 Å². The third-order valence-electron chi connectivity index (χ3n) is 3.14. The van der Waals surface area contributed by atoms with Crippen molar-refractivity contribution >= 4 is 17.6 Å². The first-order valence-corrected chi connectivity index (χ1v) is 7.10. The fraction of sp³-hybridized carbons (Fsp3) is 0.222. The van der Waals surface area contributed by atoms with Crippen LogP contribution in [-0.4, -0.2) is 11.9 Å². The molecular formula is C18H19NO3. The van der Waals surface area contributed by atoms with Gasteiger partial charge in [0.15, 0.2) is 0 Å². The van der Waals surface area contributed by atoms with Gasteiger partial charge in [-0.05, 0) is 30.2 Å². The Labute approximate surface area is 130 Å². The first kappa shape index (κ1) is 15.8. The molecule has 0 bridgehead atoms. The van der Waals surface area contributed by atoms with Gasteiger partial charge >= 0.3 is 5.97 Å². The number of hydrogen-bond acceptors (Lipinski definition) is 3. The average Bonchev–Trinajstić information content (AvgIpc) is 2.48. The first-order valence-electron chi connectivity index (χ1n) is 7.10. The minimum Gasteiger partial charge on any atom is -0.461 e. The molecule has 0 aliphatic carbocycles. The van der Waals surface area contributed by atoms with Gasteiger partial charge < -0.3 is 10.1 Å². The Bertz CT molecular complexity index is 645. The molecule has 0 aromatic heterocycles. The summed E-state index contributed by atoms with van der Waals surface area (Å²) in [6.45, 7) is 3.75. The number of anilines is 1. The summed E-state index contributed by atoms with van der Waals surface area (Å²) in [7, 11) is 0. The van der Waals surface area contributed by atoms with E-state index in [0.29, 0.717) is 5.69 Å². The molecule has 0 aliphatic rings. The van der Waals surface area contributed by atoms with Gasteiger partial charge in [0.2, 0.25) is 5.91 Å². The van der Waals surface area contributed by atoms with Crippen molar-refractivity contribution in [3.8, 4) is 0 Å². The predicted molar refractivity (Wildman–Crippen MR) is 85.4 cm³/mol. The van der Waals surface area contributed by atoms with Gasteiger partial charge in [-0.3, -0.25) is 9.59 Å². The molecule has 1 amide bonds. The summed E-state index contributed by atoms with van der Waals surface area (Å²) >= 11 is 0. The van der Waals surface area contributed by atoms with Crippen LogP contribution in [0.3, 0.4) is 0 Å². The van der Waals surface area contributed by atoms with E-state index in [1.807, 2.05) is 31.2 Å². The predicted octanol–water partition coefficient (Wildman–Crippen LogP) is 3.24. The molecule has 0 heterocycles. The number of ether oxygens (including phenoxy) is 1. The molecule has 0 fully saturated rings. The molecule has 114 valence electrons. The van der Waals surface area contributed by atoms with Gasteiger partial charge in [-0.2, -0.15) is 0 Å². The Hall–Kier alpha value is -2.62. The van der Waals surface area contributed by atoms with Gasteiger partial charge in [-0.1, -0.05) is 42.0 Å². The van der Waals surface area contributed by atoms with Crippen molar-refractivity contribution in [3.63, 3.8) is 0 Å². The number of benzene rings is 2. The molecule has 0 atom stereocenters. The minimum absolute atomic E-state index is 0.120. The molecule has 1 N–H and O–H groups in total. The fourth-order valence-electron chi connectivity index (χ4n) is 1.98. The largest absolute Gasteiger partial charge is 0.461 e. The number of aryl methyl sites for hydroxylation is 1. The van der Waals surface area contributed by atoms with Gasteiger partial charge in [-0.25, -0.2) is 0 Å². The van der Waals surface area contributed by atoms with Crippen LogP contribution in [0.2, 0.25) is 0 Å². The van der Waals surface area contributed by atoms with Gasteiger partial charge in [0, 0.05) is 12.6 Å². The normalized spacial score (nSPS) is 10.1. The number of hydrogen-bond donors (Lipinski definition) is 1. The molecule has 2 rings (SSSR count). The van der Waals surface area contributed by atoms with Crippen molar-refractivity contribution in [2.45, 2.75) is 26.9 Å². The summed E-state index contributed by atoms with van der Waals surface area (Å²) in [6, 6.07) is 15.0. The second-order valence-corrected chi connectivity index (χ2v) is 5.20. The van der Waals surface area contributed by atoms with Gasteiger partial charge in [-0.15, -0.1) is 0 Å². The van der Waals surface area contributed by atoms with Crippen molar-refractivity contribution < 1.29 is 14.3 Å². The SMILES string of the molecule is CC(=O)Nc1ccc(CC(=O)OCc2ccc(C)cc2)cc1. The highest BCUT2D eigenvalue weighted by Gasteiger charge is 2.06. The van der Waals surface area contributed by atoms with E-state index in [1.165, 1.54) is 12.5 Å². The summed E-state index contributed by atoms with van der Waals surface area (Å²) < 4.78 is 5.26. The third kappa shape index (κ3) is 5.05. The van der Waals surface area contributed by atoms with Crippen LogP contribution in [0.1, 0.15) is 23.6 Å².